The zero-order chi connectivity index (χ0) is 15.4. The number of hydrogen-bond acceptors (Lipinski definition) is 4. The lowest BCUT2D eigenvalue weighted by atomic mass is 10.1. The second-order valence-corrected chi connectivity index (χ2v) is 5.58. The van der Waals surface area contributed by atoms with Gasteiger partial charge in [-0.05, 0) is 25.1 Å². The number of halogens is 1. The van der Waals surface area contributed by atoms with Gasteiger partial charge < -0.3 is 20.3 Å². The lowest BCUT2D eigenvalue weighted by Crippen LogP contribution is -2.49. The number of thiocarbonyl (C=S) groups is 1. The average Bonchev–Trinajstić information content (AvgIpc) is 2.47. The van der Waals surface area contributed by atoms with Crippen LogP contribution in [0.2, 0.25) is 5.02 Å². The number of nitrogens with zero attached hydrogens (tertiary/aromatic N) is 2. The fourth-order valence-electron chi connectivity index (χ4n) is 2.33. The van der Waals surface area contributed by atoms with Crippen LogP contribution in [-0.4, -0.2) is 48.8 Å². The minimum absolute atomic E-state index is 0.261. The van der Waals surface area contributed by atoms with Crippen LogP contribution in [0.4, 0.5) is 10.5 Å². The molecule has 0 aliphatic carbocycles. The second kappa shape index (κ2) is 6.95. The van der Waals surface area contributed by atoms with Gasteiger partial charge in [-0.3, -0.25) is 0 Å². The Balaban J connectivity index is 2.09. The van der Waals surface area contributed by atoms with Crippen molar-refractivity contribution in [3.05, 3.63) is 28.8 Å². The summed E-state index contributed by atoms with van der Waals surface area (Å²) in [6.45, 7) is 4.82. The van der Waals surface area contributed by atoms with Crippen LogP contribution in [0.1, 0.15) is 12.5 Å². The first-order valence-corrected chi connectivity index (χ1v) is 7.57. The van der Waals surface area contributed by atoms with Crippen molar-refractivity contribution < 1.29 is 9.53 Å². The maximum absolute atomic E-state index is 11.7. The van der Waals surface area contributed by atoms with Crippen LogP contribution < -0.4 is 10.6 Å². The van der Waals surface area contributed by atoms with Crippen LogP contribution in [0.5, 0.6) is 0 Å². The molecule has 1 aromatic rings. The Morgan fingerprint density at radius 2 is 2.05 bits per heavy atom. The normalized spacial score (nSPS) is 15.0. The number of carbonyl (C=O) groups excluding carboxylic acids is 1. The van der Waals surface area contributed by atoms with Crippen molar-refractivity contribution in [2.45, 2.75) is 6.92 Å². The number of carbonyl (C=O) groups is 1. The largest absolute Gasteiger partial charge is 0.450 e. The smallest absolute Gasteiger partial charge is 0.409 e. The van der Waals surface area contributed by atoms with E-state index in [1.165, 1.54) is 0 Å². The Kier molecular flexibility index (Phi) is 5.25. The van der Waals surface area contributed by atoms with Crippen LogP contribution >= 0.6 is 23.8 Å². The van der Waals surface area contributed by atoms with Gasteiger partial charge in [0.05, 0.1) is 6.61 Å². The van der Waals surface area contributed by atoms with Gasteiger partial charge in [0.2, 0.25) is 0 Å². The summed E-state index contributed by atoms with van der Waals surface area (Å²) in [6.07, 6.45) is -0.261. The molecule has 1 amide bonds. The summed E-state index contributed by atoms with van der Waals surface area (Å²) in [7, 11) is 0. The van der Waals surface area contributed by atoms with Crippen LogP contribution in [-0.2, 0) is 4.74 Å². The Bertz CT molecular complexity index is 545. The molecule has 7 heteroatoms. The Hall–Kier alpha value is -1.53. The first-order valence-electron chi connectivity index (χ1n) is 6.79. The minimum Gasteiger partial charge on any atom is -0.450 e. The summed E-state index contributed by atoms with van der Waals surface area (Å²) in [5.41, 5.74) is 7.49. The molecule has 1 saturated heterocycles. The molecular formula is C14H18ClN3O2S. The molecule has 1 heterocycles. The molecule has 2 rings (SSSR count). The first kappa shape index (κ1) is 15.9. The zero-order valence-corrected chi connectivity index (χ0v) is 13.4. The fourth-order valence-corrected chi connectivity index (χ4v) is 2.66. The molecule has 0 saturated carbocycles. The van der Waals surface area contributed by atoms with Crippen molar-refractivity contribution in [1.29, 1.82) is 0 Å². The summed E-state index contributed by atoms with van der Waals surface area (Å²) < 4.78 is 5.01. The minimum atomic E-state index is -0.261. The third-order valence-corrected chi connectivity index (χ3v) is 3.83. The lowest BCUT2D eigenvalue weighted by Gasteiger charge is -2.36. The van der Waals surface area contributed by atoms with E-state index in [2.05, 4.69) is 4.90 Å². The number of amides is 1. The fraction of sp³-hybridized carbons (Fsp3) is 0.429. The van der Waals surface area contributed by atoms with Crippen LogP contribution in [0.15, 0.2) is 18.2 Å². The predicted molar refractivity (Wildman–Crippen MR) is 88.1 cm³/mol. The molecular weight excluding hydrogens is 310 g/mol. The summed E-state index contributed by atoms with van der Waals surface area (Å²) in [5, 5.41) is 0.603. The molecule has 1 fully saturated rings. The van der Waals surface area contributed by atoms with Gasteiger partial charge in [-0.1, -0.05) is 23.8 Å². The summed E-state index contributed by atoms with van der Waals surface area (Å²) in [4.78, 5) is 15.9. The van der Waals surface area contributed by atoms with Gasteiger partial charge in [0, 0.05) is 42.5 Å². The van der Waals surface area contributed by atoms with Gasteiger partial charge >= 0.3 is 6.09 Å². The van der Waals surface area contributed by atoms with Crippen molar-refractivity contribution in [3.8, 4) is 0 Å². The predicted octanol–water partition coefficient (Wildman–Crippen LogP) is 2.25. The summed E-state index contributed by atoms with van der Waals surface area (Å²) >= 11 is 11.1. The van der Waals surface area contributed by atoms with E-state index in [0.29, 0.717) is 42.8 Å². The molecule has 21 heavy (non-hydrogen) atoms. The topological polar surface area (TPSA) is 58.8 Å². The number of hydrogen-bond donors (Lipinski definition) is 1. The molecule has 1 aromatic carbocycles. The lowest BCUT2D eigenvalue weighted by molar-refractivity contribution is 0.105. The molecule has 1 aliphatic rings. The maximum atomic E-state index is 11.7. The molecule has 0 spiro atoms. The van der Waals surface area contributed by atoms with E-state index in [1.54, 1.807) is 17.9 Å². The maximum Gasteiger partial charge on any atom is 0.409 e. The molecule has 0 unspecified atom stereocenters. The number of rotatable bonds is 3. The number of benzene rings is 1. The van der Waals surface area contributed by atoms with Crippen LogP contribution in [0.3, 0.4) is 0 Å². The van der Waals surface area contributed by atoms with E-state index >= 15 is 0 Å². The zero-order valence-electron chi connectivity index (χ0n) is 11.8. The molecule has 0 atom stereocenters. The third kappa shape index (κ3) is 3.77. The van der Waals surface area contributed by atoms with Gasteiger partial charge in [0.1, 0.15) is 4.99 Å². The second-order valence-electron chi connectivity index (χ2n) is 4.70. The molecule has 1 aliphatic heterocycles. The van der Waals surface area contributed by atoms with Gasteiger partial charge in [0.15, 0.2) is 0 Å². The van der Waals surface area contributed by atoms with Crippen molar-refractivity contribution >= 4 is 40.6 Å². The van der Waals surface area contributed by atoms with Crippen molar-refractivity contribution in [1.82, 2.24) is 4.90 Å². The highest BCUT2D eigenvalue weighted by atomic mass is 35.5. The van der Waals surface area contributed by atoms with E-state index in [-0.39, 0.29) is 6.09 Å². The number of ether oxygens (including phenoxy) is 1. The van der Waals surface area contributed by atoms with Crippen LogP contribution in [0.25, 0.3) is 0 Å². The van der Waals surface area contributed by atoms with Crippen molar-refractivity contribution in [2.24, 2.45) is 5.73 Å². The quantitative estimate of drug-likeness (QED) is 0.863. The molecule has 0 aromatic heterocycles. The van der Waals surface area contributed by atoms with Gasteiger partial charge in [-0.25, -0.2) is 4.79 Å². The van der Waals surface area contributed by atoms with E-state index in [4.69, 9.17) is 34.3 Å². The third-order valence-electron chi connectivity index (χ3n) is 3.37. The standard InChI is InChI=1S/C14H18ClN3O2S/c1-2-20-14(19)18-7-5-17(6-8-18)12-4-3-10(15)9-11(12)13(16)21/h3-4,9H,2,5-8H2,1H3,(H2,16,21). The number of anilines is 1. The highest BCUT2D eigenvalue weighted by Gasteiger charge is 2.23. The molecule has 2 N–H and O–H groups in total. The first-order chi connectivity index (χ1) is 10.0. The SMILES string of the molecule is CCOC(=O)N1CCN(c2ccc(Cl)cc2C(N)=S)CC1. The average molecular weight is 328 g/mol. The van der Waals surface area contributed by atoms with Crippen LogP contribution in [0, 0.1) is 0 Å². The van der Waals surface area contributed by atoms with Crippen molar-refractivity contribution in [2.75, 3.05) is 37.7 Å². The van der Waals surface area contributed by atoms with Crippen molar-refractivity contribution in [3.63, 3.8) is 0 Å². The van der Waals surface area contributed by atoms with E-state index in [0.717, 1.165) is 11.3 Å². The van der Waals surface area contributed by atoms with E-state index in [1.807, 2.05) is 12.1 Å². The van der Waals surface area contributed by atoms with E-state index < -0.39 is 0 Å². The Morgan fingerprint density at radius 1 is 1.38 bits per heavy atom. The highest BCUT2D eigenvalue weighted by molar-refractivity contribution is 7.80. The number of nitrogens with two attached hydrogens (primary N) is 1. The number of piperazine rings is 1. The molecule has 0 radical (unpaired) electrons. The molecule has 114 valence electrons. The Morgan fingerprint density at radius 3 is 2.62 bits per heavy atom. The summed E-state index contributed by atoms with van der Waals surface area (Å²) in [6, 6.07) is 5.50. The summed E-state index contributed by atoms with van der Waals surface area (Å²) in [5.74, 6) is 0. The van der Waals surface area contributed by atoms with Gasteiger partial charge in [-0.15, -0.1) is 0 Å². The monoisotopic (exact) mass is 327 g/mol. The Labute approximate surface area is 134 Å². The van der Waals surface area contributed by atoms with E-state index in [9.17, 15) is 4.79 Å². The highest BCUT2D eigenvalue weighted by Crippen LogP contribution is 2.25. The molecule has 0 bridgehead atoms. The molecule has 5 nitrogen and oxygen atoms in total. The van der Waals surface area contributed by atoms with Gasteiger partial charge in [0.25, 0.3) is 0 Å². The van der Waals surface area contributed by atoms with Gasteiger partial charge in [-0.2, -0.15) is 0 Å².